The first-order valence-electron chi connectivity index (χ1n) is 7.92. The highest BCUT2D eigenvalue weighted by Gasteiger charge is 2.26. The van der Waals surface area contributed by atoms with Gasteiger partial charge in [0.25, 0.3) is 5.91 Å². The molecule has 1 aromatic carbocycles. The number of carbonyl (C=O) groups excluding carboxylic acids is 1. The van der Waals surface area contributed by atoms with Crippen molar-refractivity contribution in [2.45, 2.75) is 38.6 Å². The zero-order valence-corrected chi connectivity index (χ0v) is 15.4. The van der Waals surface area contributed by atoms with Crippen LogP contribution in [-0.4, -0.2) is 36.5 Å². The Balaban J connectivity index is 0.00000176. The van der Waals surface area contributed by atoms with Gasteiger partial charge in [0.2, 0.25) is 0 Å². The van der Waals surface area contributed by atoms with Crippen LogP contribution in [0.15, 0.2) is 22.7 Å². The fraction of sp³-hybridized carbons (Fsp3) is 0.588. The van der Waals surface area contributed by atoms with E-state index >= 15 is 0 Å². The van der Waals surface area contributed by atoms with E-state index in [0.717, 1.165) is 47.4 Å². The van der Waals surface area contributed by atoms with Gasteiger partial charge in [-0.2, -0.15) is 0 Å². The number of hydrogen-bond donors (Lipinski definition) is 1. The molecule has 3 nitrogen and oxygen atoms in total. The lowest BCUT2D eigenvalue weighted by Crippen LogP contribution is -2.45. The van der Waals surface area contributed by atoms with Crippen molar-refractivity contribution in [3.63, 3.8) is 0 Å². The molecule has 0 bridgehead atoms. The van der Waals surface area contributed by atoms with E-state index in [0.29, 0.717) is 6.04 Å². The lowest BCUT2D eigenvalue weighted by Gasteiger charge is -2.33. The fourth-order valence-corrected chi connectivity index (χ4v) is 3.30. The third-order valence-corrected chi connectivity index (χ3v) is 5.10. The van der Waals surface area contributed by atoms with E-state index < -0.39 is 0 Å². The number of piperidine rings is 1. The summed E-state index contributed by atoms with van der Waals surface area (Å²) in [5, 5.41) is 3.66. The van der Waals surface area contributed by atoms with Gasteiger partial charge in [-0.3, -0.25) is 4.79 Å². The minimum Gasteiger partial charge on any atom is -0.339 e. The number of halogens is 2. The third kappa shape index (κ3) is 4.46. The normalized spacial score (nSPS) is 18.9. The number of amides is 1. The summed E-state index contributed by atoms with van der Waals surface area (Å²) in [6.45, 7) is 4.91. The number of rotatable bonds is 4. The summed E-state index contributed by atoms with van der Waals surface area (Å²) in [7, 11) is 0. The van der Waals surface area contributed by atoms with Crippen LogP contribution in [0.4, 0.5) is 0 Å². The molecule has 1 heterocycles. The molecule has 122 valence electrons. The SMILES string of the molecule is Cc1ccc(Br)cc1C(=O)N1CCC(NCC2CC2)CC1.Cl. The molecular formula is C17H24BrClN2O. The maximum atomic E-state index is 12.6. The molecule has 5 heteroatoms. The van der Waals surface area contributed by atoms with Crippen LogP contribution < -0.4 is 5.32 Å². The van der Waals surface area contributed by atoms with Gasteiger partial charge in [0.15, 0.2) is 0 Å². The molecule has 0 aromatic heterocycles. The van der Waals surface area contributed by atoms with Crippen molar-refractivity contribution < 1.29 is 4.79 Å². The van der Waals surface area contributed by atoms with Crippen molar-refractivity contribution in [1.29, 1.82) is 0 Å². The van der Waals surface area contributed by atoms with Gasteiger partial charge in [0.05, 0.1) is 0 Å². The largest absolute Gasteiger partial charge is 0.339 e. The minimum atomic E-state index is 0. The summed E-state index contributed by atoms with van der Waals surface area (Å²) in [6, 6.07) is 6.52. The molecule has 1 aliphatic heterocycles. The topological polar surface area (TPSA) is 32.3 Å². The Bertz CT molecular complexity index is 525. The summed E-state index contributed by atoms with van der Waals surface area (Å²) in [5.41, 5.74) is 1.88. The minimum absolute atomic E-state index is 0. The first kappa shape index (κ1) is 17.8. The van der Waals surface area contributed by atoms with Crippen LogP contribution >= 0.6 is 28.3 Å². The number of likely N-dealkylation sites (tertiary alicyclic amines) is 1. The molecule has 0 atom stereocenters. The number of carbonyl (C=O) groups is 1. The summed E-state index contributed by atoms with van der Waals surface area (Å²) < 4.78 is 0.970. The van der Waals surface area contributed by atoms with Crippen LogP contribution in [0, 0.1) is 12.8 Å². The molecule has 1 amide bonds. The van der Waals surface area contributed by atoms with E-state index in [4.69, 9.17) is 0 Å². The fourth-order valence-electron chi connectivity index (χ4n) is 2.94. The van der Waals surface area contributed by atoms with Gasteiger partial charge < -0.3 is 10.2 Å². The van der Waals surface area contributed by atoms with Crippen molar-refractivity contribution in [2.24, 2.45) is 5.92 Å². The van der Waals surface area contributed by atoms with Crippen LogP contribution in [0.1, 0.15) is 41.6 Å². The van der Waals surface area contributed by atoms with Gasteiger partial charge in [-0.15, -0.1) is 12.4 Å². The molecule has 0 unspecified atom stereocenters. The van der Waals surface area contributed by atoms with Crippen molar-refractivity contribution in [3.8, 4) is 0 Å². The summed E-state index contributed by atoms with van der Waals surface area (Å²) in [4.78, 5) is 14.6. The smallest absolute Gasteiger partial charge is 0.254 e. The van der Waals surface area contributed by atoms with Crippen molar-refractivity contribution in [3.05, 3.63) is 33.8 Å². The van der Waals surface area contributed by atoms with Gasteiger partial charge in [-0.25, -0.2) is 0 Å². The van der Waals surface area contributed by atoms with Gasteiger partial charge in [0.1, 0.15) is 0 Å². The molecule has 1 saturated heterocycles. The second-order valence-electron chi connectivity index (χ2n) is 6.38. The van der Waals surface area contributed by atoms with Gasteiger partial charge >= 0.3 is 0 Å². The molecule has 1 saturated carbocycles. The highest BCUT2D eigenvalue weighted by Crippen LogP contribution is 2.28. The Morgan fingerprint density at radius 1 is 1.27 bits per heavy atom. The Kier molecular flexibility index (Phi) is 6.30. The summed E-state index contributed by atoms with van der Waals surface area (Å²) >= 11 is 3.46. The average molecular weight is 388 g/mol. The highest BCUT2D eigenvalue weighted by molar-refractivity contribution is 9.10. The van der Waals surface area contributed by atoms with Crippen LogP contribution in [-0.2, 0) is 0 Å². The lowest BCUT2D eigenvalue weighted by molar-refractivity contribution is 0.0704. The molecule has 0 radical (unpaired) electrons. The molecule has 3 rings (SSSR count). The second-order valence-corrected chi connectivity index (χ2v) is 7.29. The van der Waals surface area contributed by atoms with Crippen molar-refractivity contribution in [2.75, 3.05) is 19.6 Å². The van der Waals surface area contributed by atoms with E-state index in [2.05, 4.69) is 21.2 Å². The van der Waals surface area contributed by atoms with Crippen LogP contribution in [0.2, 0.25) is 0 Å². The standard InChI is InChI=1S/C17H23BrN2O.ClH/c1-12-2-5-14(18)10-16(12)17(21)20-8-6-15(7-9-20)19-11-13-3-4-13;/h2,5,10,13,15,19H,3-4,6-9,11H2,1H3;1H. The lowest BCUT2D eigenvalue weighted by atomic mass is 10.0. The van der Waals surface area contributed by atoms with E-state index in [1.807, 2.05) is 30.0 Å². The maximum absolute atomic E-state index is 12.6. The molecule has 0 spiro atoms. The Morgan fingerprint density at radius 3 is 2.59 bits per heavy atom. The number of benzene rings is 1. The van der Waals surface area contributed by atoms with E-state index in [1.165, 1.54) is 19.4 Å². The number of nitrogens with one attached hydrogen (secondary N) is 1. The zero-order chi connectivity index (χ0) is 14.8. The molecular weight excluding hydrogens is 364 g/mol. The molecule has 1 aromatic rings. The third-order valence-electron chi connectivity index (χ3n) is 4.60. The van der Waals surface area contributed by atoms with Crippen molar-refractivity contribution in [1.82, 2.24) is 10.2 Å². The van der Waals surface area contributed by atoms with Crippen molar-refractivity contribution >= 4 is 34.2 Å². The number of hydrogen-bond acceptors (Lipinski definition) is 2. The van der Waals surface area contributed by atoms with E-state index in [-0.39, 0.29) is 18.3 Å². The monoisotopic (exact) mass is 386 g/mol. The van der Waals surface area contributed by atoms with Crippen LogP contribution in [0.5, 0.6) is 0 Å². The predicted molar refractivity (Wildman–Crippen MR) is 95.8 cm³/mol. The Labute approximate surface area is 147 Å². The molecule has 22 heavy (non-hydrogen) atoms. The quantitative estimate of drug-likeness (QED) is 0.852. The second kappa shape index (κ2) is 7.80. The maximum Gasteiger partial charge on any atom is 0.254 e. The predicted octanol–water partition coefficient (Wildman–Crippen LogP) is 3.78. The summed E-state index contributed by atoms with van der Waals surface area (Å²) in [6.07, 6.45) is 4.94. The van der Waals surface area contributed by atoms with Crippen LogP contribution in [0.3, 0.4) is 0 Å². The molecule has 1 aliphatic carbocycles. The molecule has 2 fully saturated rings. The van der Waals surface area contributed by atoms with E-state index in [1.54, 1.807) is 0 Å². The highest BCUT2D eigenvalue weighted by atomic mass is 79.9. The number of aryl methyl sites for hydroxylation is 1. The molecule has 1 N–H and O–H groups in total. The van der Waals surface area contributed by atoms with Gasteiger partial charge in [0, 0.05) is 29.2 Å². The first-order chi connectivity index (χ1) is 10.1. The summed E-state index contributed by atoms with van der Waals surface area (Å²) in [5.74, 6) is 1.10. The average Bonchev–Trinajstić information content (AvgIpc) is 3.32. The Morgan fingerprint density at radius 2 is 1.95 bits per heavy atom. The van der Waals surface area contributed by atoms with E-state index in [9.17, 15) is 4.79 Å². The molecule has 2 aliphatic rings. The van der Waals surface area contributed by atoms with Gasteiger partial charge in [-0.1, -0.05) is 22.0 Å². The Hall–Kier alpha value is -0.580. The number of nitrogens with zero attached hydrogens (tertiary/aromatic N) is 1. The first-order valence-corrected chi connectivity index (χ1v) is 8.71. The van der Waals surface area contributed by atoms with Gasteiger partial charge in [-0.05, 0) is 62.8 Å². The van der Waals surface area contributed by atoms with Crippen LogP contribution in [0.25, 0.3) is 0 Å². The zero-order valence-electron chi connectivity index (χ0n) is 13.0.